The zero-order chi connectivity index (χ0) is 16.8. The van der Waals surface area contributed by atoms with Crippen LogP contribution in [0.5, 0.6) is 5.75 Å². The zero-order valence-corrected chi connectivity index (χ0v) is 13.6. The van der Waals surface area contributed by atoms with Gasteiger partial charge in [0.2, 0.25) is 0 Å². The molecule has 0 spiro atoms. The SMILES string of the molecule is CCCCOc1ccc2[nH]cc(/C(C#N)=C/c3ccccn3)c2c1. The van der Waals surface area contributed by atoms with E-state index in [2.05, 4.69) is 23.0 Å². The molecule has 1 aromatic carbocycles. The third-order valence-electron chi connectivity index (χ3n) is 3.81. The summed E-state index contributed by atoms with van der Waals surface area (Å²) < 4.78 is 5.78. The van der Waals surface area contributed by atoms with Gasteiger partial charge in [-0.1, -0.05) is 19.4 Å². The first kappa shape index (κ1) is 15.8. The van der Waals surface area contributed by atoms with Gasteiger partial charge in [0.05, 0.1) is 23.9 Å². The maximum absolute atomic E-state index is 9.57. The van der Waals surface area contributed by atoms with Crippen molar-refractivity contribution in [3.05, 3.63) is 60.0 Å². The van der Waals surface area contributed by atoms with E-state index in [1.54, 1.807) is 12.3 Å². The largest absolute Gasteiger partial charge is 0.494 e. The zero-order valence-electron chi connectivity index (χ0n) is 13.6. The number of aromatic nitrogens is 2. The molecule has 0 aliphatic rings. The van der Waals surface area contributed by atoms with Crippen LogP contribution in [-0.2, 0) is 0 Å². The van der Waals surface area contributed by atoms with Crippen LogP contribution in [0.25, 0.3) is 22.6 Å². The average molecular weight is 317 g/mol. The number of unbranched alkanes of at least 4 members (excludes halogenated alkanes) is 1. The van der Waals surface area contributed by atoms with Gasteiger partial charge in [-0.25, -0.2) is 0 Å². The fourth-order valence-corrected chi connectivity index (χ4v) is 2.53. The molecule has 1 N–H and O–H groups in total. The number of nitrogens with zero attached hydrogens (tertiary/aromatic N) is 2. The van der Waals surface area contributed by atoms with Gasteiger partial charge in [0.15, 0.2) is 0 Å². The number of H-pyrrole nitrogens is 1. The van der Waals surface area contributed by atoms with E-state index >= 15 is 0 Å². The van der Waals surface area contributed by atoms with Gasteiger partial charge in [-0.2, -0.15) is 5.26 Å². The lowest BCUT2D eigenvalue weighted by molar-refractivity contribution is 0.310. The van der Waals surface area contributed by atoms with E-state index in [0.29, 0.717) is 12.2 Å². The first-order valence-electron chi connectivity index (χ1n) is 8.09. The molecule has 0 fully saturated rings. The second-order valence-electron chi connectivity index (χ2n) is 5.54. The molecule has 0 amide bonds. The highest BCUT2D eigenvalue weighted by Gasteiger charge is 2.10. The first-order chi connectivity index (χ1) is 11.8. The number of nitrogens with one attached hydrogen (secondary N) is 1. The summed E-state index contributed by atoms with van der Waals surface area (Å²) in [6.45, 7) is 2.84. The second-order valence-corrected chi connectivity index (χ2v) is 5.54. The normalized spacial score (nSPS) is 11.4. The maximum atomic E-state index is 9.57. The Morgan fingerprint density at radius 1 is 1.33 bits per heavy atom. The average Bonchev–Trinajstić information content (AvgIpc) is 3.04. The lowest BCUT2D eigenvalue weighted by Crippen LogP contribution is -1.96. The third kappa shape index (κ3) is 3.47. The molecule has 0 radical (unpaired) electrons. The molecule has 3 rings (SSSR count). The molecular formula is C20H19N3O. The number of hydrogen-bond donors (Lipinski definition) is 1. The molecule has 0 aliphatic carbocycles. The Kier molecular flexibility index (Phi) is 4.93. The fraction of sp³-hybridized carbons (Fsp3) is 0.200. The minimum Gasteiger partial charge on any atom is -0.494 e. The van der Waals surface area contributed by atoms with Crippen LogP contribution in [0, 0.1) is 11.3 Å². The van der Waals surface area contributed by atoms with Crippen molar-refractivity contribution in [1.29, 1.82) is 5.26 Å². The van der Waals surface area contributed by atoms with Crippen LogP contribution in [0.4, 0.5) is 0 Å². The Morgan fingerprint density at radius 3 is 3.00 bits per heavy atom. The van der Waals surface area contributed by atoms with Crippen molar-refractivity contribution in [2.45, 2.75) is 19.8 Å². The summed E-state index contributed by atoms with van der Waals surface area (Å²) in [6, 6.07) is 13.8. The van der Waals surface area contributed by atoms with E-state index in [4.69, 9.17) is 4.74 Å². The van der Waals surface area contributed by atoms with Crippen molar-refractivity contribution in [3.63, 3.8) is 0 Å². The van der Waals surface area contributed by atoms with Gasteiger partial charge in [0.25, 0.3) is 0 Å². The Balaban J connectivity index is 1.97. The van der Waals surface area contributed by atoms with Crippen LogP contribution in [0.2, 0.25) is 0 Å². The summed E-state index contributed by atoms with van der Waals surface area (Å²) in [5.74, 6) is 0.826. The molecule has 0 unspecified atom stereocenters. The molecule has 120 valence electrons. The molecule has 3 aromatic rings. The molecule has 4 nitrogen and oxygen atoms in total. The van der Waals surface area contributed by atoms with Crippen LogP contribution in [0.1, 0.15) is 31.0 Å². The highest BCUT2D eigenvalue weighted by molar-refractivity contribution is 6.01. The van der Waals surface area contributed by atoms with Crippen molar-refractivity contribution in [2.24, 2.45) is 0 Å². The summed E-state index contributed by atoms with van der Waals surface area (Å²) in [6.07, 6.45) is 7.51. The number of benzene rings is 1. The number of ether oxygens (including phenoxy) is 1. The minimum absolute atomic E-state index is 0.575. The number of rotatable bonds is 6. The molecular weight excluding hydrogens is 298 g/mol. The van der Waals surface area contributed by atoms with E-state index in [0.717, 1.165) is 40.8 Å². The topological polar surface area (TPSA) is 61.7 Å². The number of hydrogen-bond acceptors (Lipinski definition) is 3. The second kappa shape index (κ2) is 7.47. The smallest absolute Gasteiger partial charge is 0.120 e. The molecule has 0 aliphatic heterocycles. The molecule has 2 heterocycles. The molecule has 0 atom stereocenters. The summed E-state index contributed by atoms with van der Waals surface area (Å²) in [7, 11) is 0. The van der Waals surface area contributed by atoms with Crippen LogP contribution in [0.3, 0.4) is 0 Å². The van der Waals surface area contributed by atoms with E-state index < -0.39 is 0 Å². The molecule has 2 aromatic heterocycles. The summed E-state index contributed by atoms with van der Waals surface area (Å²) in [5, 5.41) is 10.5. The van der Waals surface area contributed by atoms with Gasteiger partial charge in [-0.15, -0.1) is 0 Å². The number of pyridine rings is 1. The molecule has 0 saturated heterocycles. The van der Waals surface area contributed by atoms with E-state index in [1.807, 2.05) is 42.6 Å². The van der Waals surface area contributed by atoms with Crippen LogP contribution >= 0.6 is 0 Å². The number of aromatic amines is 1. The predicted octanol–water partition coefficient (Wildman–Crippen LogP) is 4.81. The summed E-state index contributed by atoms with van der Waals surface area (Å²) in [5.41, 5.74) is 3.18. The molecule has 0 bridgehead atoms. The standard InChI is InChI=1S/C20H19N3O/c1-2-3-10-24-17-7-8-20-18(12-17)19(14-23-20)15(13-21)11-16-6-4-5-9-22-16/h4-9,11-12,14,23H,2-3,10H2,1H3/b15-11+. The molecule has 0 saturated carbocycles. The maximum Gasteiger partial charge on any atom is 0.120 e. The lowest BCUT2D eigenvalue weighted by atomic mass is 10.0. The third-order valence-corrected chi connectivity index (χ3v) is 3.81. The van der Waals surface area contributed by atoms with Crippen LogP contribution in [0.15, 0.2) is 48.8 Å². The number of fused-ring (bicyclic) bond motifs is 1. The number of allylic oxidation sites excluding steroid dienone is 1. The van der Waals surface area contributed by atoms with Gasteiger partial charge < -0.3 is 9.72 Å². The molecule has 4 heteroatoms. The van der Waals surface area contributed by atoms with Crippen molar-refractivity contribution in [1.82, 2.24) is 9.97 Å². The number of nitriles is 1. The van der Waals surface area contributed by atoms with E-state index in [9.17, 15) is 5.26 Å². The summed E-state index contributed by atoms with van der Waals surface area (Å²) in [4.78, 5) is 7.48. The molecule has 24 heavy (non-hydrogen) atoms. The van der Waals surface area contributed by atoms with Crippen molar-refractivity contribution in [3.8, 4) is 11.8 Å². The van der Waals surface area contributed by atoms with Gasteiger partial charge in [0.1, 0.15) is 5.75 Å². The Morgan fingerprint density at radius 2 is 2.25 bits per heavy atom. The Hall–Kier alpha value is -3.06. The minimum atomic E-state index is 0.575. The Bertz CT molecular complexity index is 888. The van der Waals surface area contributed by atoms with Crippen LogP contribution < -0.4 is 4.74 Å². The van der Waals surface area contributed by atoms with E-state index in [-0.39, 0.29) is 0 Å². The summed E-state index contributed by atoms with van der Waals surface area (Å²) >= 11 is 0. The lowest BCUT2D eigenvalue weighted by Gasteiger charge is -2.06. The fourth-order valence-electron chi connectivity index (χ4n) is 2.53. The predicted molar refractivity (Wildman–Crippen MR) is 96.4 cm³/mol. The van der Waals surface area contributed by atoms with Gasteiger partial charge in [0, 0.05) is 28.9 Å². The van der Waals surface area contributed by atoms with Gasteiger partial charge in [-0.3, -0.25) is 4.98 Å². The quantitative estimate of drug-likeness (QED) is 0.524. The highest BCUT2D eigenvalue weighted by atomic mass is 16.5. The monoisotopic (exact) mass is 317 g/mol. The van der Waals surface area contributed by atoms with Crippen molar-refractivity contribution in [2.75, 3.05) is 6.61 Å². The Labute approximate surface area is 141 Å². The first-order valence-corrected chi connectivity index (χ1v) is 8.09. The van der Waals surface area contributed by atoms with Crippen LogP contribution in [-0.4, -0.2) is 16.6 Å². The van der Waals surface area contributed by atoms with Gasteiger partial charge >= 0.3 is 0 Å². The van der Waals surface area contributed by atoms with Gasteiger partial charge in [-0.05, 0) is 42.8 Å². The van der Waals surface area contributed by atoms with E-state index in [1.165, 1.54) is 0 Å². The highest BCUT2D eigenvalue weighted by Crippen LogP contribution is 2.29. The van der Waals surface area contributed by atoms with Crippen molar-refractivity contribution < 1.29 is 4.74 Å². The van der Waals surface area contributed by atoms with Crippen molar-refractivity contribution >= 4 is 22.6 Å².